The van der Waals surface area contributed by atoms with Crippen molar-refractivity contribution in [2.24, 2.45) is 11.3 Å². The van der Waals surface area contributed by atoms with E-state index in [0.29, 0.717) is 12.8 Å². The Morgan fingerprint density at radius 2 is 1.46 bits per heavy atom. The summed E-state index contributed by atoms with van der Waals surface area (Å²) in [6.45, 7) is 5.72. The molecule has 2 aliphatic rings. The van der Waals surface area contributed by atoms with Crippen LogP contribution >= 0.6 is 0 Å². The SMILES string of the molecule is CC(C)(C)OC(=O)C1(C2CCCCCCC2)CCCCCCC1=O. The van der Waals surface area contributed by atoms with Gasteiger partial charge in [-0.05, 0) is 52.4 Å². The minimum absolute atomic E-state index is 0.169. The van der Waals surface area contributed by atoms with Crippen molar-refractivity contribution in [3.8, 4) is 0 Å². The van der Waals surface area contributed by atoms with E-state index in [1.165, 1.54) is 19.3 Å². The molecule has 3 nitrogen and oxygen atoms in total. The van der Waals surface area contributed by atoms with Crippen LogP contribution in [-0.4, -0.2) is 17.4 Å². The number of carbonyl (C=O) groups excluding carboxylic acids is 2. The van der Waals surface area contributed by atoms with E-state index in [1.54, 1.807) is 0 Å². The van der Waals surface area contributed by atoms with Crippen LogP contribution in [0.1, 0.15) is 104 Å². The molecule has 0 radical (unpaired) electrons. The van der Waals surface area contributed by atoms with Crippen LogP contribution in [-0.2, 0) is 14.3 Å². The molecular formula is C21H36O3. The second-order valence-electron chi connectivity index (χ2n) is 8.85. The molecule has 0 aromatic rings. The Bertz CT molecular complexity index is 427. The third-order valence-electron chi connectivity index (χ3n) is 5.79. The Morgan fingerprint density at radius 3 is 2.08 bits per heavy atom. The Hall–Kier alpha value is -0.860. The molecule has 1 atom stereocenters. The van der Waals surface area contributed by atoms with E-state index in [1.807, 2.05) is 20.8 Å². The van der Waals surface area contributed by atoms with Crippen LogP contribution in [0.4, 0.5) is 0 Å². The molecule has 1 unspecified atom stereocenters. The number of esters is 1. The molecule has 0 N–H and O–H groups in total. The average molecular weight is 337 g/mol. The van der Waals surface area contributed by atoms with Crippen LogP contribution in [0.5, 0.6) is 0 Å². The quantitative estimate of drug-likeness (QED) is 0.487. The third-order valence-corrected chi connectivity index (χ3v) is 5.79. The largest absolute Gasteiger partial charge is 0.459 e. The van der Waals surface area contributed by atoms with E-state index >= 15 is 0 Å². The molecule has 2 aliphatic carbocycles. The van der Waals surface area contributed by atoms with Crippen molar-refractivity contribution < 1.29 is 14.3 Å². The molecule has 0 aromatic heterocycles. The molecule has 138 valence electrons. The normalized spacial score (nSPS) is 28.4. The van der Waals surface area contributed by atoms with E-state index in [2.05, 4.69) is 0 Å². The number of ether oxygens (including phenoxy) is 1. The molecule has 3 heteroatoms. The van der Waals surface area contributed by atoms with Gasteiger partial charge in [-0.25, -0.2) is 0 Å². The van der Waals surface area contributed by atoms with Gasteiger partial charge in [-0.3, -0.25) is 9.59 Å². The summed E-state index contributed by atoms with van der Waals surface area (Å²) >= 11 is 0. The van der Waals surface area contributed by atoms with Crippen molar-refractivity contribution in [3.05, 3.63) is 0 Å². The maximum atomic E-state index is 13.3. The van der Waals surface area contributed by atoms with Gasteiger partial charge >= 0.3 is 5.97 Å². The van der Waals surface area contributed by atoms with E-state index in [4.69, 9.17) is 4.74 Å². The Labute approximate surface area is 147 Å². The van der Waals surface area contributed by atoms with Gasteiger partial charge in [0.15, 0.2) is 0 Å². The summed E-state index contributed by atoms with van der Waals surface area (Å²) in [5.74, 6) is 0.118. The highest BCUT2D eigenvalue weighted by Crippen LogP contribution is 2.45. The molecule has 0 bridgehead atoms. The van der Waals surface area contributed by atoms with Gasteiger partial charge in [0.05, 0.1) is 0 Å². The lowest BCUT2D eigenvalue weighted by molar-refractivity contribution is -0.176. The first-order valence-electron chi connectivity index (χ1n) is 10.1. The van der Waals surface area contributed by atoms with Crippen molar-refractivity contribution in [2.45, 2.75) is 110 Å². The van der Waals surface area contributed by atoms with Gasteiger partial charge in [0.2, 0.25) is 0 Å². The zero-order chi connectivity index (χ0) is 17.6. The fourth-order valence-corrected chi connectivity index (χ4v) is 4.54. The Kier molecular flexibility index (Phi) is 6.88. The fraction of sp³-hybridized carbons (Fsp3) is 0.905. The molecule has 2 rings (SSSR count). The molecule has 2 saturated carbocycles. The lowest BCUT2D eigenvalue weighted by Gasteiger charge is -2.41. The molecule has 0 heterocycles. The highest BCUT2D eigenvalue weighted by molar-refractivity contribution is 6.04. The number of rotatable bonds is 2. The molecular weight excluding hydrogens is 300 g/mol. The summed E-state index contributed by atoms with van der Waals surface area (Å²) in [6.07, 6.45) is 13.4. The molecule has 0 aliphatic heterocycles. The van der Waals surface area contributed by atoms with E-state index in [9.17, 15) is 9.59 Å². The predicted octanol–water partition coefficient (Wildman–Crippen LogP) is 5.60. The van der Waals surface area contributed by atoms with Gasteiger partial charge in [0, 0.05) is 6.42 Å². The second-order valence-corrected chi connectivity index (χ2v) is 8.85. The number of hydrogen-bond donors (Lipinski definition) is 0. The Morgan fingerprint density at radius 1 is 0.917 bits per heavy atom. The van der Waals surface area contributed by atoms with Gasteiger partial charge in [-0.15, -0.1) is 0 Å². The lowest BCUT2D eigenvalue weighted by Crippen LogP contribution is -2.49. The lowest BCUT2D eigenvalue weighted by atomic mass is 9.63. The van der Waals surface area contributed by atoms with Crippen LogP contribution in [0.2, 0.25) is 0 Å². The van der Waals surface area contributed by atoms with Crippen LogP contribution in [0, 0.1) is 11.3 Å². The highest BCUT2D eigenvalue weighted by Gasteiger charge is 2.52. The van der Waals surface area contributed by atoms with Gasteiger partial charge < -0.3 is 4.74 Å². The number of Topliss-reactive ketones (excluding diaryl/α,β-unsaturated/α-hetero) is 1. The zero-order valence-corrected chi connectivity index (χ0v) is 16.0. The summed E-state index contributed by atoms with van der Waals surface area (Å²) in [6, 6.07) is 0. The van der Waals surface area contributed by atoms with Crippen molar-refractivity contribution in [1.82, 2.24) is 0 Å². The predicted molar refractivity (Wildman–Crippen MR) is 96.8 cm³/mol. The molecule has 0 spiro atoms. The van der Waals surface area contributed by atoms with E-state index < -0.39 is 11.0 Å². The maximum Gasteiger partial charge on any atom is 0.320 e. The van der Waals surface area contributed by atoms with Crippen molar-refractivity contribution in [1.29, 1.82) is 0 Å². The first kappa shape index (κ1) is 19.5. The molecule has 0 amide bonds. The molecule has 24 heavy (non-hydrogen) atoms. The molecule has 0 aromatic carbocycles. The third kappa shape index (κ3) is 4.83. The maximum absolute atomic E-state index is 13.3. The fourth-order valence-electron chi connectivity index (χ4n) is 4.54. The minimum Gasteiger partial charge on any atom is -0.459 e. The van der Waals surface area contributed by atoms with Crippen molar-refractivity contribution in [2.75, 3.05) is 0 Å². The van der Waals surface area contributed by atoms with E-state index in [0.717, 1.165) is 51.4 Å². The second kappa shape index (κ2) is 8.49. The van der Waals surface area contributed by atoms with Crippen LogP contribution in [0.25, 0.3) is 0 Å². The summed E-state index contributed by atoms with van der Waals surface area (Å²) < 4.78 is 5.81. The summed E-state index contributed by atoms with van der Waals surface area (Å²) in [4.78, 5) is 26.5. The van der Waals surface area contributed by atoms with Gasteiger partial charge in [-0.2, -0.15) is 0 Å². The van der Waals surface area contributed by atoms with Crippen LogP contribution < -0.4 is 0 Å². The molecule has 0 saturated heterocycles. The van der Waals surface area contributed by atoms with Crippen LogP contribution in [0.3, 0.4) is 0 Å². The monoisotopic (exact) mass is 336 g/mol. The topological polar surface area (TPSA) is 43.4 Å². The highest BCUT2D eigenvalue weighted by atomic mass is 16.6. The first-order valence-corrected chi connectivity index (χ1v) is 10.1. The first-order chi connectivity index (χ1) is 11.4. The molecule has 2 fully saturated rings. The van der Waals surface area contributed by atoms with E-state index in [-0.39, 0.29) is 17.7 Å². The average Bonchev–Trinajstić information content (AvgIpc) is 2.43. The standard InChI is InChI=1S/C21H36O3/c1-20(2,3)24-19(23)21(16-12-8-7-11-15-18(21)22)17-13-9-5-4-6-10-14-17/h17H,4-16H2,1-3H3. The van der Waals surface area contributed by atoms with Gasteiger partial charge in [-0.1, -0.05) is 51.4 Å². The summed E-state index contributed by atoms with van der Waals surface area (Å²) in [5, 5.41) is 0. The van der Waals surface area contributed by atoms with Crippen LogP contribution in [0.15, 0.2) is 0 Å². The zero-order valence-electron chi connectivity index (χ0n) is 16.0. The number of ketones is 1. The number of hydrogen-bond acceptors (Lipinski definition) is 3. The summed E-state index contributed by atoms with van der Waals surface area (Å²) in [7, 11) is 0. The smallest absolute Gasteiger partial charge is 0.320 e. The van der Waals surface area contributed by atoms with Crippen molar-refractivity contribution in [3.63, 3.8) is 0 Å². The van der Waals surface area contributed by atoms with Gasteiger partial charge in [0.25, 0.3) is 0 Å². The van der Waals surface area contributed by atoms with Gasteiger partial charge in [0.1, 0.15) is 16.8 Å². The van der Waals surface area contributed by atoms with Crippen molar-refractivity contribution >= 4 is 11.8 Å². The Balaban J connectivity index is 2.33. The number of carbonyl (C=O) groups is 2. The summed E-state index contributed by atoms with van der Waals surface area (Å²) in [5.41, 5.74) is -1.40. The minimum atomic E-state index is -0.870.